The zero-order valence-corrected chi connectivity index (χ0v) is 11.0. The summed E-state index contributed by atoms with van der Waals surface area (Å²) in [7, 11) is 0. The highest BCUT2D eigenvalue weighted by Gasteiger charge is 2.00. The fourth-order valence-corrected chi connectivity index (χ4v) is 1.24. The van der Waals surface area contributed by atoms with Crippen molar-refractivity contribution in [1.82, 2.24) is 9.97 Å². The smallest absolute Gasteiger partial charge is 0.116 e. The number of hydrogen-bond donors (Lipinski definition) is 0. The maximum atomic E-state index is 4.25. The van der Waals surface area contributed by atoms with Gasteiger partial charge in [0, 0.05) is 11.3 Å². The molecule has 2 nitrogen and oxygen atoms in total. The Balaban J connectivity index is 0.00000106. The van der Waals surface area contributed by atoms with Crippen molar-refractivity contribution in [1.29, 1.82) is 0 Å². The molecule has 0 bridgehead atoms. The molecule has 1 heterocycles. The first-order valence-electron chi connectivity index (χ1n) is 5.90. The van der Waals surface area contributed by atoms with E-state index in [1.54, 1.807) is 6.33 Å². The lowest BCUT2D eigenvalue weighted by Gasteiger charge is -2.02. The summed E-state index contributed by atoms with van der Waals surface area (Å²) >= 11 is 0. The summed E-state index contributed by atoms with van der Waals surface area (Å²) in [6, 6.07) is 0. The Kier molecular flexibility index (Phi) is 8.04. The van der Waals surface area contributed by atoms with E-state index < -0.39 is 0 Å². The van der Waals surface area contributed by atoms with Gasteiger partial charge in [0.25, 0.3) is 0 Å². The van der Waals surface area contributed by atoms with Crippen molar-refractivity contribution < 1.29 is 0 Å². The van der Waals surface area contributed by atoms with Crippen LogP contribution in [0.25, 0.3) is 12.2 Å². The molecule has 0 aromatic carbocycles. The van der Waals surface area contributed by atoms with Gasteiger partial charge in [0.1, 0.15) is 6.33 Å². The number of hydrogen-bond acceptors (Lipinski definition) is 2. The summed E-state index contributed by atoms with van der Waals surface area (Å²) in [5.41, 5.74) is 3.13. The van der Waals surface area contributed by atoms with Crippen LogP contribution in [0.3, 0.4) is 0 Å². The van der Waals surface area contributed by atoms with Crippen LogP contribution in [-0.4, -0.2) is 9.97 Å². The Morgan fingerprint density at radius 3 is 2.44 bits per heavy atom. The maximum Gasteiger partial charge on any atom is 0.116 e. The minimum Gasteiger partial charge on any atom is -0.241 e. The van der Waals surface area contributed by atoms with Crippen LogP contribution in [0, 0.1) is 6.92 Å². The lowest BCUT2D eigenvalue weighted by atomic mass is 10.1. The molecule has 0 saturated heterocycles. The zero-order valence-electron chi connectivity index (χ0n) is 11.0. The van der Waals surface area contributed by atoms with Gasteiger partial charge < -0.3 is 0 Å². The molecule has 0 N–H and O–H groups in total. The minimum absolute atomic E-state index is 0.998. The molecular weight excluding hydrogens is 196 g/mol. The molecule has 0 unspecified atom stereocenters. The van der Waals surface area contributed by atoms with Gasteiger partial charge in [0.05, 0.1) is 5.69 Å². The predicted molar refractivity (Wildman–Crippen MR) is 72.2 cm³/mol. The van der Waals surface area contributed by atoms with E-state index >= 15 is 0 Å². The van der Waals surface area contributed by atoms with Crippen LogP contribution in [0.1, 0.15) is 51.1 Å². The third-order valence-electron chi connectivity index (χ3n) is 1.96. The summed E-state index contributed by atoms with van der Waals surface area (Å²) in [4.78, 5) is 8.42. The van der Waals surface area contributed by atoms with Gasteiger partial charge in [-0.05, 0) is 26.3 Å². The van der Waals surface area contributed by atoms with Gasteiger partial charge in [-0.25, -0.2) is 9.97 Å². The predicted octanol–water partition coefficient (Wildman–Crippen LogP) is 4.27. The second-order valence-corrected chi connectivity index (χ2v) is 3.07. The SMILES string of the molecule is C/C=C\c1c(C)ncnc1/C=C\CC.CC. The molecule has 0 fully saturated rings. The molecular formula is C14H22N2. The van der Waals surface area contributed by atoms with E-state index in [0.29, 0.717) is 0 Å². The van der Waals surface area contributed by atoms with Crippen LogP contribution in [-0.2, 0) is 0 Å². The van der Waals surface area contributed by atoms with Crippen LogP contribution in [0.5, 0.6) is 0 Å². The molecule has 88 valence electrons. The molecule has 0 aliphatic rings. The second kappa shape index (κ2) is 8.84. The number of rotatable bonds is 3. The molecule has 0 amide bonds. The van der Waals surface area contributed by atoms with Crippen LogP contribution >= 0.6 is 0 Å². The molecule has 0 spiro atoms. The third-order valence-corrected chi connectivity index (χ3v) is 1.96. The van der Waals surface area contributed by atoms with Gasteiger partial charge in [0.2, 0.25) is 0 Å². The van der Waals surface area contributed by atoms with E-state index in [1.165, 1.54) is 0 Å². The first-order valence-corrected chi connectivity index (χ1v) is 5.90. The van der Waals surface area contributed by atoms with Crippen molar-refractivity contribution in [3.8, 4) is 0 Å². The van der Waals surface area contributed by atoms with Crippen LogP contribution in [0.15, 0.2) is 18.5 Å². The van der Waals surface area contributed by atoms with Crippen molar-refractivity contribution in [2.24, 2.45) is 0 Å². The third kappa shape index (κ3) is 4.39. The van der Waals surface area contributed by atoms with E-state index in [-0.39, 0.29) is 0 Å². The lowest BCUT2D eigenvalue weighted by molar-refractivity contribution is 1.08. The first-order chi connectivity index (χ1) is 7.79. The number of aromatic nitrogens is 2. The number of allylic oxidation sites excluding steroid dienone is 2. The molecule has 0 saturated carbocycles. The highest BCUT2D eigenvalue weighted by Crippen LogP contribution is 2.13. The first kappa shape index (κ1) is 14.6. The van der Waals surface area contributed by atoms with Gasteiger partial charge in [-0.15, -0.1) is 0 Å². The van der Waals surface area contributed by atoms with Crippen molar-refractivity contribution in [3.63, 3.8) is 0 Å². The van der Waals surface area contributed by atoms with Crippen molar-refractivity contribution in [3.05, 3.63) is 35.4 Å². The van der Waals surface area contributed by atoms with E-state index in [4.69, 9.17) is 0 Å². The summed E-state index contributed by atoms with van der Waals surface area (Å²) in [6.07, 6.45) is 10.8. The average molecular weight is 218 g/mol. The standard InChI is InChI=1S/C12H16N2.C2H6/c1-4-6-8-12-11(7-5-2)10(3)13-9-14-12;1-2/h5-9H,4H2,1-3H3;1-2H3/b7-5-,8-6-;. The monoisotopic (exact) mass is 218 g/mol. The topological polar surface area (TPSA) is 25.8 Å². The fourth-order valence-electron chi connectivity index (χ4n) is 1.24. The maximum absolute atomic E-state index is 4.25. The molecule has 16 heavy (non-hydrogen) atoms. The molecule has 0 atom stereocenters. The molecule has 0 aliphatic carbocycles. The second-order valence-electron chi connectivity index (χ2n) is 3.07. The Hall–Kier alpha value is -1.44. The zero-order chi connectivity index (χ0) is 12.4. The van der Waals surface area contributed by atoms with Crippen molar-refractivity contribution in [2.75, 3.05) is 0 Å². The quantitative estimate of drug-likeness (QED) is 0.757. The lowest BCUT2D eigenvalue weighted by Crippen LogP contribution is -1.93. The molecule has 2 heteroatoms. The van der Waals surface area contributed by atoms with E-state index in [2.05, 4.69) is 23.0 Å². The van der Waals surface area contributed by atoms with Gasteiger partial charge in [-0.1, -0.05) is 39.0 Å². The van der Waals surface area contributed by atoms with Crippen LogP contribution < -0.4 is 0 Å². The molecule has 1 aromatic heterocycles. The fraction of sp³-hybridized carbons (Fsp3) is 0.429. The van der Waals surface area contributed by atoms with Crippen molar-refractivity contribution >= 4 is 12.2 Å². The van der Waals surface area contributed by atoms with E-state index in [9.17, 15) is 0 Å². The Labute approximate surface area is 99.1 Å². The Morgan fingerprint density at radius 1 is 1.19 bits per heavy atom. The summed E-state index contributed by atoms with van der Waals surface area (Å²) in [6.45, 7) is 10.1. The number of nitrogens with zero attached hydrogens (tertiary/aromatic N) is 2. The summed E-state index contributed by atoms with van der Waals surface area (Å²) < 4.78 is 0. The highest BCUT2D eigenvalue weighted by atomic mass is 14.8. The molecule has 0 radical (unpaired) electrons. The normalized spacial score (nSPS) is 10.6. The summed E-state index contributed by atoms with van der Waals surface area (Å²) in [5.74, 6) is 0. The average Bonchev–Trinajstić information content (AvgIpc) is 2.33. The van der Waals surface area contributed by atoms with Crippen LogP contribution in [0.4, 0.5) is 0 Å². The minimum atomic E-state index is 0.998. The van der Waals surface area contributed by atoms with Gasteiger partial charge in [-0.2, -0.15) is 0 Å². The largest absolute Gasteiger partial charge is 0.241 e. The number of aryl methyl sites for hydroxylation is 1. The van der Waals surface area contributed by atoms with Gasteiger partial charge >= 0.3 is 0 Å². The Bertz CT molecular complexity index is 352. The Morgan fingerprint density at radius 2 is 1.88 bits per heavy atom. The summed E-state index contributed by atoms with van der Waals surface area (Å²) in [5, 5.41) is 0. The van der Waals surface area contributed by atoms with E-state index in [1.807, 2.05) is 45.9 Å². The molecule has 1 aromatic rings. The molecule has 0 aliphatic heterocycles. The molecule has 1 rings (SSSR count). The van der Waals surface area contributed by atoms with Gasteiger partial charge in [-0.3, -0.25) is 0 Å². The van der Waals surface area contributed by atoms with Crippen molar-refractivity contribution in [2.45, 2.75) is 41.0 Å². The van der Waals surface area contributed by atoms with E-state index in [0.717, 1.165) is 23.4 Å². The van der Waals surface area contributed by atoms with Crippen LogP contribution in [0.2, 0.25) is 0 Å². The van der Waals surface area contributed by atoms with Gasteiger partial charge in [0.15, 0.2) is 0 Å². The highest BCUT2D eigenvalue weighted by molar-refractivity contribution is 5.63.